The van der Waals surface area contributed by atoms with Crippen molar-refractivity contribution in [2.24, 2.45) is 0 Å². The molecule has 2 aromatic rings. The minimum atomic E-state index is 0.318. The van der Waals surface area contributed by atoms with Crippen LogP contribution in [0.1, 0.15) is 11.1 Å². The maximum absolute atomic E-state index is 9.01. The van der Waals surface area contributed by atoms with Crippen LogP contribution in [-0.4, -0.2) is 7.11 Å². The van der Waals surface area contributed by atoms with Gasteiger partial charge in [0.25, 0.3) is 0 Å². The van der Waals surface area contributed by atoms with Crippen LogP contribution >= 0.6 is 11.6 Å². The molecule has 0 amide bonds. The number of para-hydroxylation sites is 1. The molecule has 19 heavy (non-hydrogen) atoms. The average Bonchev–Trinajstić information content (AvgIpc) is 2.45. The fraction of sp³-hybridized carbons (Fsp3) is 0.133. The third-order valence-corrected chi connectivity index (χ3v) is 2.87. The predicted molar refractivity (Wildman–Crippen MR) is 73.5 cm³/mol. The molecule has 0 fully saturated rings. The molecule has 0 heterocycles. The first kappa shape index (κ1) is 13.3. The maximum atomic E-state index is 9.01. The van der Waals surface area contributed by atoms with Gasteiger partial charge in [-0.2, -0.15) is 5.26 Å². The van der Waals surface area contributed by atoms with Gasteiger partial charge in [-0.3, -0.25) is 0 Å². The highest BCUT2D eigenvalue weighted by Crippen LogP contribution is 2.25. The Balaban J connectivity index is 2.19. The monoisotopic (exact) mass is 273 g/mol. The highest BCUT2D eigenvalue weighted by Gasteiger charge is 2.07. The number of hydrogen-bond acceptors (Lipinski definition) is 3. The maximum Gasteiger partial charge on any atom is 0.139 e. The van der Waals surface area contributed by atoms with Crippen LogP contribution in [0.4, 0.5) is 0 Å². The van der Waals surface area contributed by atoms with Crippen LogP contribution in [0.25, 0.3) is 0 Å². The van der Waals surface area contributed by atoms with E-state index in [1.807, 2.05) is 24.3 Å². The zero-order valence-corrected chi connectivity index (χ0v) is 11.1. The first-order valence-electron chi connectivity index (χ1n) is 5.69. The van der Waals surface area contributed by atoms with Crippen molar-refractivity contribution in [3.05, 3.63) is 58.6 Å². The second-order valence-corrected chi connectivity index (χ2v) is 4.29. The molecule has 0 N–H and O–H groups in total. The summed E-state index contributed by atoms with van der Waals surface area (Å²) in [5.41, 5.74) is 1.37. The van der Waals surface area contributed by atoms with Crippen molar-refractivity contribution >= 4 is 11.6 Å². The van der Waals surface area contributed by atoms with Gasteiger partial charge < -0.3 is 9.47 Å². The molecule has 0 aromatic heterocycles. The quantitative estimate of drug-likeness (QED) is 0.851. The lowest BCUT2D eigenvalue weighted by Crippen LogP contribution is -1.99. The van der Waals surface area contributed by atoms with Crippen molar-refractivity contribution in [3.8, 4) is 17.6 Å². The smallest absolute Gasteiger partial charge is 0.139 e. The van der Waals surface area contributed by atoms with Gasteiger partial charge in [0.15, 0.2) is 0 Å². The highest BCUT2D eigenvalue weighted by atomic mass is 35.5. The molecule has 4 heteroatoms. The second-order valence-electron chi connectivity index (χ2n) is 3.85. The predicted octanol–water partition coefficient (Wildman–Crippen LogP) is 3.80. The molecule has 0 aliphatic rings. The zero-order valence-electron chi connectivity index (χ0n) is 10.4. The Morgan fingerprint density at radius 3 is 2.68 bits per heavy atom. The van der Waals surface area contributed by atoms with E-state index >= 15 is 0 Å². The zero-order chi connectivity index (χ0) is 13.7. The molecule has 0 radical (unpaired) electrons. The second kappa shape index (κ2) is 6.12. The lowest BCUT2D eigenvalue weighted by molar-refractivity contribution is 0.296. The summed E-state index contributed by atoms with van der Waals surface area (Å²) in [7, 11) is 1.61. The summed E-state index contributed by atoms with van der Waals surface area (Å²) in [6.45, 7) is 0.318. The standard InChI is InChI=1S/C15H12ClNO2/c1-18-14-5-3-2-4-12(14)10-19-15-8-13(16)7-6-11(15)9-17/h2-8H,10H2,1H3. The summed E-state index contributed by atoms with van der Waals surface area (Å²) in [6.07, 6.45) is 0. The Bertz CT molecular complexity index is 620. The summed E-state index contributed by atoms with van der Waals surface area (Å²) in [5, 5.41) is 9.55. The van der Waals surface area contributed by atoms with Gasteiger partial charge in [0.05, 0.1) is 12.7 Å². The molecule has 0 unspecified atom stereocenters. The first-order valence-corrected chi connectivity index (χ1v) is 6.06. The van der Waals surface area contributed by atoms with Gasteiger partial charge >= 0.3 is 0 Å². The minimum Gasteiger partial charge on any atom is -0.496 e. The summed E-state index contributed by atoms with van der Waals surface area (Å²) in [6, 6.07) is 14.6. The van der Waals surface area contributed by atoms with Gasteiger partial charge in [0.2, 0.25) is 0 Å². The molecule has 3 nitrogen and oxygen atoms in total. The summed E-state index contributed by atoms with van der Waals surface area (Å²) in [4.78, 5) is 0. The molecule has 2 aromatic carbocycles. The fourth-order valence-electron chi connectivity index (χ4n) is 1.69. The van der Waals surface area contributed by atoms with Crippen LogP contribution < -0.4 is 9.47 Å². The van der Waals surface area contributed by atoms with Crippen molar-refractivity contribution in [2.75, 3.05) is 7.11 Å². The molecule has 0 saturated heterocycles. The van der Waals surface area contributed by atoms with Crippen molar-refractivity contribution < 1.29 is 9.47 Å². The molecule has 0 atom stereocenters. The Morgan fingerprint density at radius 2 is 1.95 bits per heavy atom. The van der Waals surface area contributed by atoms with E-state index in [2.05, 4.69) is 6.07 Å². The Morgan fingerprint density at radius 1 is 1.16 bits per heavy atom. The molecule has 2 rings (SSSR count). The molecule has 96 valence electrons. The first-order chi connectivity index (χ1) is 9.24. The SMILES string of the molecule is COc1ccccc1COc1cc(Cl)ccc1C#N. The van der Waals surface area contributed by atoms with Crippen LogP contribution in [0.5, 0.6) is 11.5 Å². The van der Waals surface area contributed by atoms with Crippen LogP contribution in [0.2, 0.25) is 5.02 Å². The Labute approximate surface area is 117 Å². The molecular weight excluding hydrogens is 262 g/mol. The van der Waals surface area contributed by atoms with E-state index in [0.717, 1.165) is 11.3 Å². The normalized spacial score (nSPS) is 9.74. The number of nitriles is 1. The molecule has 0 aliphatic carbocycles. The highest BCUT2D eigenvalue weighted by molar-refractivity contribution is 6.30. The third kappa shape index (κ3) is 3.18. The van der Waals surface area contributed by atoms with E-state index in [1.54, 1.807) is 25.3 Å². The van der Waals surface area contributed by atoms with E-state index in [1.165, 1.54) is 0 Å². The van der Waals surface area contributed by atoms with Crippen molar-refractivity contribution in [3.63, 3.8) is 0 Å². The molecule has 0 aliphatic heterocycles. The Hall–Kier alpha value is -2.18. The fourth-order valence-corrected chi connectivity index (χ4v) is 1.85. The van der Waals surface area contributed by atoms with E-state index in [9.17, 15) is 0 Å². The third-order valence-electron chi connectivity index (χ3n) is 2.64. The summed E-state index contributed by atoms with van der Waals surface area (Å²) >= 11 is 5.90. The van der Waals surface area contributed by atoms with Gasteiger partial charge in [0, 0.05) is 16.7 Å². The number of hydrogen-bond donors (Lipinski definition) is 0. The van der Waals surface area contributed by atoms with Gasteiger partial charge in [-0.1, -0.05) is 29.8 Å². The average molecular weight is 274 g/mol. The topological polar surface area (TPSA) is 42.2 Å². The molecule has 0 bridgehead atoms. The Kier molecular flexibility index (Phi) is 4.27. The van der Waals surface area contributed by atoms with Gasteiger partial charge in [-0.05, 0) is 18.2 Å². The van der Waals surface area contributed by atoms with Crippen molar-refractivity contribution in [2.45, 2.75) is 6.61 Å². The van der Waals surface area contributed by atoms with Crippen molar-refractivity contribution in [1.82, 2.24) is 0 Å². The van der Waals surface area contributed by atoms with E-state index in [-0.39, 0.29) is 0 Å². The van der Waals surface area contributed by atoms with E-state index < -0.39 is 0 Å². The van der Waals surface area contributed by atoms with Crippen LogP contribution in [-0.2, 0) is 6.61 Å². The minimum absolute atomic E-state index is 0.318. The molecular formula is C15H12ClNO2. The van der Waals surface area contributed by atoms with Crippen LogP contribution in [0.3, 0.4) is 0 Å². The summed E-state index contributed by atoms with van der Waals surface area (Å²) < 4.78 is 10.9. The number of nitrogens with zero attached hydrogens (tertiary/aromatic N) is 1. The molecule has 0 spiro atoms. The molecule has 0 saturated carbocycles. The van der Waals surface area contributed by atoms with Gasteiger partial charge in [0.1, 0.15) is 24.2 Å². The number of rotatable bonds is 4. The van der Waals surface area contributed by atoms with E-state index in [4.69, 9.17) is 26.3 Å². The van der Waals surface area contributed by atoms with Crippen LogP contribution in [0, 0.1) is 11.3 Å². The lowest BCUT2D eigenvalue weighted by Gasteiger charge is -2.11. The van der Waals surface area contributed by atoms with Crippen LogP contribution in [0.15, 0.2) is 42.5 Å². The van der Waals surface area contributed by atoms with Gasteiger partial charge in [-0.25, -0.2) is 0 Å². The number of ether oxygens (including phenoxy) is 2. The number of halogens is 1. The number of benzene rings is 2. The van der Waals surface area contributed by atoms with Crippen molar-refractivity contribution in [1.29, 1.82) is 5.26 Å². The number of methoxy groups -OCH3 is 1. The van der Waals surface area contributed by atoms with E-state index in [0.29, 0.717) is 22.9 Å². The lowest BCUT2D eigenvalue weighted by atomic mass is 10.2. The van der Waals surface area contributed by atoms with Gasteiger partial charge in [-0.15, -0.1) is 0 Å². The summed E-state index contributed by atoms with van der Waals surface area (Å²) in [5.74, 6) is 1.23. The largest absolute Gasteiger partial charge is 0.496 e.